The van der Waals surface area contributed by atoms with Gasteiger partial charge in [0.05, 0.1) is 16.7 Å². The Morgan fingerprint density at radius 2 is 1.90 bits per heavy atom. The highest BCUT2D eigenvalue weighted by molar-refractivity contribution is 8.00. The number of rotatable bonds is 7. The summed E-state index contributed by atoms with van der Waals surface area (Å²) in [7, 11) is 0. The van der Waals surface area contributed by atoms with Crippen molar-refractivity contribution >= 4 is 35.2 Å². The molecule has 1 amide bonds. The van der Waals surface area contributed by atoms with Gasteiger partial charge >= 0.3 is 5.97 Å². The first-order valence-electron chi connectivity index (χ1n) is 6.76. The van der Waals surface area contributed by atoms with E-state index in [0.29, 0.717) is 5.02 Å². The molecule has 1 atom stereocenters. The van der Waals surface area contributed by atoms with Gasteiger partial charge in [-0.2, -0.15) is 0 Å². The van der Waals surface area contributed by atoms with Crippen LogP contribution in [0.2, 0.25) is 5.02 Å². The number of benzene rings is 1. The first-order chi connectivity index (χ1) is 9.82. The van der Waals surface area contributed by atoms with Gasteiger partial charge in [0.25, 0.3) is 0 Å². The fraction of sp³-hybridized carbons (Fsp3) is 0.467. The number of aliphatic carboxylic acids is 1. The lowest BCUT2D eigenvalue weighted by molar-refractivity contribution is -0.138. The van der Waals surface area contributed by atoms with E-state index in [1.165, 1.54) is 11.8 Å². The predicted octanol–water partition coefficient (Wildman–Crippen LogP) is 3.53. The Hall–Kier alpha value is -1.20. The van der Waals surface area contributed by atoms with Crippen molar-refractivity contribution in [2.75, 3.05) is 6.54 Å². The van der Waals surface area contributed by atoms with Crippen LogP contribution in [-0.2, 0) is 9.59 Å². The molecule has 0 saturated carbocycles. The smallest absolute Gasteiger partial charge is 0.305 e. The third kappa shape index (κ3) is 5.59. The van der Waals surface area contributed by atoms with E-state index in [2.05, 4.69) is 0 Å². The Labute approximate surface area is 134 Å². The van der Waals surface area contributed by atoms with Crippen molar-refractivity contribution in [3.05, 3.63) is 29.3 Å². The molecule has 0 spiro atoms. The maximum absolute atomic E-state index is 12.5. The van der Waals surface area contributed by atoms with E-state index in [0.717, 1.165) is 4.90 Å². The molecule has 4 nitrogen and oxygen atoms in total. The quantitative estimate of drug-likeness (QED) is 0.777. The summed E-state index contributed by atoms with van der Waals surface area (Å²) in [5.74, 6) is -0.976. The van der Waals surface area contributed by atoms with E-state index in [4.69, 9.17) is 16.7 Å². The Morgan fingerprint density at radius 3 is 2.43 bits per heavy atom. The van der Waals surface area contributed by atoms with E-state index in [1.54, 1.807) is 11.0 Å². The fourth-order valence-electron chi connectivity index (χ4n) is 1.85. The lowest BCUT2D eigenvalue weighted by Crippen LogP contribution is -2.42. The summed E-state index contributed by atoms with van der Waals surface area (Å²) in [4.78, 5) is 25.6. The van der Waals surface area contributed by atoms with Gasteiger partial charge < -0.3 is 10.0 Å². The fourth-order valence-corrected chi connectivity index (χ4v) is 3.08. The first-order valence-corrected chi connectivity index (χ1v) is 8.02. The van der Waals surface area contributed by atoms with Gasteiger partial charge in [-0.15, -0.1) is 11.8 Å². The number of nitrogens with zero attached hydrogens (tertiary/aromatic N) is 1. The average Bonchev–Trinajstić information content (AvgIpc) is 2.40. The van der Waals surface area contributed by atoms with Crippen LogP contribution in [0.25, 0.3) is 0 Å². The molecule has 1 aromatic carbocycles. The van der Waals surface area contributed by atoms with Crippen LogP contribution >= 0.6 is 23.4 Å². The van der Waals surface area contributed by atoms with Crippen molar-refractivity contribution in [2.45, 2.75) is 43.4 Å². The zero-order valence-corrected chi connectivity index (χ0v) is 13.9. The molecule has 21 heavy (non-hydrogen) atoms. The van der Waals surface area contributed by atoms with Gasteiger partial charge in [0.1, 0.15) is 0 Å². The molecule has 0 heterocycles. The summed E-state index contributed by atoms with van der Waals surface area (Å²) in [6, 6.07) is 7.33. The second-order valence-electron chi connectivity index (χ2n) is 4.96. The van der Waals surface area contributed by atoms with Crippen molar-refractivity contribution in [1.29, 1.82) is 0 Å². The average molecular weight is 330 g/mol. The van der Waals surface area contributed by atoms with Crippen LogP contribution < -0.4 is 0 Å². The highest BCUT2D eigenvalue weighted by Gasteiger charge is 2.24. The third-order valence-corrected chi connectivity index (χ3v) is 4.57. The number of carboxylic acids is 1. The standard InChI is InChI=1S/C15H20ClNO3S/c1-10(2)17(9-8-14(18)19)15(20)11(3)21-13-7-5-4-6-12(13)16/h4-7,10-11H,8-9H2,1-3H3,(H,18,19). The van der Waals surface area contributed by atoms with Gasteiger partial charge in [0, 0.05) is 17.5 Å². The number of carboxylic acid groups (broad SMARTS) is 1. The summed E-state index contributed by atoms with van der Waals surface area (Å²) >= 11 is 7.48. The van der Waals surface area contributed by atoms with Gasteiger partial charge in [-0.25, -0.2) is 0 Å². The molecule has 0 aliphatic carbocycles. The minimum Gasteiger partial charge on any atom is -0.481 e. The van der Waals surface area contributed by atoms with E-state index >= 15 is 0 Å². The van der Waals surface area contributed by atoms with Gasteiger partial charge in [-0.1, -0.05) is 23.7 Å². The second kappa shape index (κ2) is 8.29. The SMILES string of the molecule is CC(Sc1ccccc1Cl)C(=O)N(CCC(=O)O)C(C)C. The number of amides is 1. The molecule has 1 rings (SSSR count). The Balaban J connectivity index is 2.74. The molecular formula is C15H20ClNO3S. The van der Waals surface area contributed by atoms with Crippen molar-refractivity contribution in [3.63, 3.8) is 0 Å². The number of thioether (sulfide) groups is 1. The molecule has 0 bridgehead atoms. The molecule has 1 N–H and O–H groups in total. The molecule has 0 aromatic heterocycles. The lowest BCUT2D eigenvalue weighted by atomic mass is 10.2. The Morgan fingerprint density at radius 1 is 1.29 bits per heavy atom. The van der Waals surface area contributed by atoms with E-state index in [-0.39, 0.29) is 30.2 Å². The normalized spacial score (nSPS) is 12.2. The molecular weight excluding hydrogens is 310 g/mol. The summed E-state index contributed by atoms with van der Waals surface area (Å²) in [5.41, 5.74) is 0. The van der Waals surface area contributed by atoms with Crippen molar-refractivity contribution in [1.82, 2.24) is 4.90 Å². The molecule has 116 valence electrons. The first kappa shape index (κ1) is 17.9. The minimum atomic E-state index is -0.903. The van der Waals surface area contributed by atoms with Crippen LogP contribution in [0.1, 0.15) is 27.2 Å². The Bertz CT molecular complexity index is 507. The van der Waals surface area contributed by atoms with Gasteiger partial charge in [-0.05, 0) is 32.9 Å². The molecule has 0 aliphatic heterocycles. The monoisotopic (exact) mass is 329 g/mol. The summed E-state index contributed by atoms with van der Waals surface area (Å²) in [6.45, 7) is 5.80. The highest BCUT2D eigenvalue weighted by atomic mass is 35.5. The van der Waals surface area contributed by atoms with Gasteiger partial charge in [0.15, 0.2) is 0 Å². The lowest BCUT2D eigenvalue weighted by Gasteiger charge is -2.29. The van der Waals surface area contributed by atoms with Crippen molar-refractivity contribution in [3.8, 4) is 0 Å². The van der Waals surface area contributed by atoms with Crippen LogP contribution in [0.3, 0.4) is 0 Å². The maximum atomic E-state index is 12.5. The number of hydrogen-bond acceptors (Lipinski definition) is 3. The van der Waals surface area contributed by atoms with Crippen LogP contribution in [0.15, 0.2) is 29.2 Å². The van der Waals surface area contributed by atoms with Crippen molar-refractivity contribution < 1.29 is 14.7 Å². The van der Waals surface area contributed by atoms with Crippen molar-refractivity contribution in [2.24, 2.45) is 0 Å². The Kier molecular flexibility index (Phi) is 7.05. The van der Waals surface area contributed by atoms with Crippen LogP contribution in [0.5, 0.6) is 0 Å². The molecule has 1 aromatic rings. The van der Waals surface area contributed by atoms with E-state index in [9.17, 15) is 9.59 Å². The largest absolute Gasteiger partial charge is 0.481 e. The summed E-state index contributed by atoms with van der Waals surface area (Å²) in [5, 5.41) is 9.07. The maximum Gasteiger partial charge on any atom is 0.305 e. The van der Waals surface area contributed by atoms with Gasteiger partial charge in [-0.3, -0.25) is 9.59 Å². The van der Waals surface area contributed by atoms with Crippen LogP contribution in [0.4, 0.5) is 0 Å². The minimum absolute atomic E-state index is 0.0360. The second-order valence-corrected chi connectivity index (χ2v) is 6.75. The molecule has 6 heteroatoms. The molecule has 0 radical (unpaired) electrons. The predicted molar refractivity (Wildman–Crippen MR) is 85.9 cm³/mol. The molecule has 0 aliphatic rings. The zero-order chi connectivity index (χ0) is 16.0. The molecule has 0 fully saturated rings. The summed E-state index contributed by atoms with van der Waals surface area (Å²) < 4.78 is 0. The summed E-state index contributed by atoms with van der Waals surface area (Å²) in [6.07, 6.45) is -0.0482. The highest BCUT2D eigenvalue weighted by Crippen LogP contribution is 2.31. The van der Waals surface area contributed by atoms with Gasteiger partial charge in [0.2, 0.25) is 5.91 Å². The number of carbonyl (C=O) groups is 2. The molecule has 0 saturated heterocycles. The topological polar surface area (TPSA) is 57.6 Å². The molecule has 1 unspecified atom stereocenters. The number of hydrogen-bond donors (Lipinski definition) is 1. The van der Waals surface area contributed by atoms with Crippen LogP contribution in [-0.4, -0.2) is 39.7 Å². The zero-order valence-electron chi connectivity index (χ0n) is 12.4. The van der Waals surface area contributed by atoms with Crippen LogP contribution in [0, 0.1) is 0 Å². The van der Waals surface area contributed by atoms with E-state index in [1.807, 2.05) is 39.0 Å². The number of halogens is 1. The third-order valence-electron chi connectivity index (χ3n) is 2.96. The number of carbonyl (C=O) groups excluding carboxylic acids is 1. The van der Waals surface area contributed by atoms with E-state index < -0.39 is 5.97 Å².